The highest BCUT2D eigenvalue weighted by molar-refractivity contribution is 7.13. The van der Waals surface area contributed by atoms with Gasteiger partial charge in [0, 0.05) is 43.3 Å². The molecule has 1 aromatic heterocycles. The van der Waals surface area contributed by atoms with Gasteiger partial charge in [0.2, 0.25) is 29.5 Å². The first-order chi connectivity index (χ1) is 33.1. The molecule has 70 heavy (non-hydrogen) atoms. The lowest BCUT2D eigenvalue weighted by Crippen LogP contribution is -2.60. The van der Waals surface area contributed by atoms with Crippen LogP contribution in [0.3, 0.4) is 0 Å². The second-order valence-corrected chi connectivity index (χ2v) is 24.2. The van der Waals surface area contributed by atoms with E-state index in [4.69, 9.17) is 4.74 Å². The van der Waals surface area contributed by atoms with Gasteiger partial charge in [0.15, 0.2) is 0 Å². The summed E-state index contributed by atoms with van der Waals surface area (Å²) in [5.74, 6) is -0.107. The normalized spacial score (nSPS) is 28.7. The molecular weight excluding hydrogens is 905 g/mol. The van der Waals surface area contributed by atoms with Crippen LogP contribution in [0.1, 0.15) is 156 Å². The summed E-state index contributed by atoms with van der Waals surface area (Å²) in [6, 6.07) is 6.38. The summed E-state index contributed by atoms with van der Waals surface area (Å²) in [5, 5.41) is 22.8. The summed E-state index contributed by atoms with van der Waals surface area (Å²) in [6.45, 7) is 16.3. The molecule has 3 aliphatic carbocycles. The summed E-state index contributed by atoms with van der Waals surface area (Å²) < 4.78 is 5.69. The van der Waals surface area contributed by atoms with Crippen molar-refractivity contribution in [2.45, 2.75) is 188 Å². The fourth-order valence-electron chi connectivity index (χ4n) is 12.8. The van der Waals surface area contributed by atoms with Crippen LogP contribution in [0.15, 0.2) is 41.9 Å². The number of benzene rings is 1. The summed E-state index contributed by atoms with van der Waals surface area (Å²) in [7, 11) is 0. The van der Waals surface area contributed by atoms with E-state index in [2.05, 4.69) is 46.2 Å². The molecule has 10 atom stereocenters. The van der Waals surface area contributed by atoms with Crippen molar-refractivity contribution in [3.05, 3.63) is 53.2 Å². The monoisotopic (exact) mass is 985 g/mol. The van der Waals surface area contributed by atoms with Crippen molar-refractivity contribution < 1.29 is 38.6 Å². The van der Waals surface area contributed by atoms with E-state index >= 15 is 0 Å². The highest BCUT2D eigenvalue weighted by atomic mass is 32.1. The van der Waals surface area contributed by atoms with Gasteiger partial charge in [-0.05, 0) is 118 Å². The van der Waals surface area contributed by atoms with Crippen LogP contribution in [0.5, 0.6) is 0 Å². The van der Waals surface area contributed by atoms with Crippen molar-refractivity contribution in [1.29, 1.82) is 0 Å². The molecule has 0 radical (unpaired) electrons. The van der Waals surface area contributed by atoms with Crippen molar-refractivity contribution in [3.8, 4) is 10.4 Å². The molecule has 15 heteroatoms. The number of aliphatic hydroxyl groups is 1. The molecule has 0 bridgehead atoms. The number of carbonyl (C=O) groups is 6. The molecular formula is C55H80N6O8S. The second-order valence-electron chi connectivity index (χ2n) is 23.3. The van der Waals surface area contributed by atoms with Crippen molar-refractivity contribution in [3.63, 3.8) is 0 Å². The van der Waals surface area contributed by atoms with Crippen LogP contribution in [0.25, 0.3) is 10.4 Å². The van der Waals surface area contributed by atoms with Crippen LogP contribution < -0.4 is 21.3 Å². The molecule has 3 heterocycles. The number of hydrogen-bond donors (Lipinski definition) is 5. The predicted octanol–water partition coefficient (Wildman–Crippen LogP) is 7.70. The van der Waals surface area contributed by atoms with Gasteiger partial charge in [-0.1, -0.05) is 97.1 Å². The average Bonchev–Trinajstić information content (AvgIpc) is 4.03. The number of aryl methyl sites for hydroxylation is 1. The predicted molar refractivity (Wildman–Crippen MR) is 271 cm³/mol. The van der Waals surface area contributed by atoms with E-state index < -0.39 is 35.1 Å². The number of β-amino-alcohol motifs (C(OH)–C–C–N with tert-alkyl or cyclic N) is 1. The SMILES string of the molecule is Cc1ncsc1-c1ccc(CNC(=O)[C@@H]2C[C@@H](O)CN2C(=O)[C@@H](NC(=O)CCCCCCCCCOC(=O)C(C)(C)NC(=O)[C@H]2CC[C@H]3[C@@H]4CC[C@H]5NC(=O)C=C[C@]5(C)[C@H]4CC[C@]23C)C(C)(C)C)cc1. The highest BCUT2D eigenvalue weighted by Crippen LogP contribution is 2.65. The number of likely N-dealkylation sites (tertiary alicyclic amines) is 1. The number of fused-ring (bicyclic) bond motifs is 5. The number of hydrogen-bond acceptors (Lipinski definition) is 10. The Bertz CT molecular complexity index is 2250. The molecule has 1 aromatic carbocycles. The minimum absolute atomic E-state index is 0.00641. The molecule has 0 unspecified atom stereocenters. The lowest BCUT2D eigenvalue weighted by Gasteiger charge is -2.58. The average molecular weight is 985 g/mol. The maximum Gasteiger partial charge on any atom is 0.331 e. The number of nitrogens with one attached hydrogen (secondary N) is 4. The van der Waals surface area contributed by atoms with Crippen LogP contribution >= 0.6 is 11.3 Å². The Hall–Kier alpha value is -4.63. The number of nitrogens with zero attached hydrogens (tertiary/aromatic N) is 2. The number of esters is 1. The van der Waals surface area contributed by atoms with E-state index in [1.54, 1.807) is 31.3 Å². The standard InChI is InChI=1S/C55H80N6O8S/c1-34-46(70-33-57-34)36-19-17-35(18-20-36)31-56-49(66)42-30-37(62)32-61(42)50(67)47(52(2,3)4)59-44(63)16-14-12-10-9-11-13-15-29-69-51(68)53(5,6)60-48(65)41-23-22-39-38-21-24-43-55(8,28-26-45(64)58-43)40(38)25-27-54(39,41)7/h17-20,26,28,33,37-43,47,62H,9-16,21-25,27,29-32H2,1-8H3,(H,56,66)(H,58,64)(H,59,63)(H,60,65)/t37-,38+,39+,40+,41-,42+,43-,47-,54+,55-/m1/s1. The second kappa shape index (κ2) is 22.0. The molecule has 2 aromatic rings. The molecule has 5 aliphatic rings. The Kier molecular flexibility index (Phi) is 16.7. The zero-order chi connectivity index (χ0) is 50.6. The van der Waals surface area contributed by atoms with Gasteiger partial charge in [-0.25, -0.2) is 9.78 Å². The van der Waals surface area contributed by atoms with Crippen LogP contribution in [0, 0.1) is 46.8 Å². The van der Waals surface area contributed by atoms with Crippen LogP contribution in [0.2, 0.25) is 0 Å². The summed E-state index contributed by atoms with van der Waals surface area (Å²) in [6.07, 6.45) is 15.3. The number of carbonyl (C=O) groups excluding carboxylic acids is 6. The van der Waals surface area contributed by atoms with Crippen molar-refractivity contribution in [2.24, 2.45) is 39.9 Å². The molecule has 5 N–H and O–H groups in total. The number of aromatic nitrogens is 1. The largest absolute Gasteiger partial charge is 0.464 e. The van der Waals surface area contributed by atoms with Gasteiger partial charge in [0.05, 0.1) is 28.8 Å². The Morgan fingerprint density at radius 1 is 0.914 bits per heavy atom. The first-order valence-electron chi connectivity index (χ1n) is 26.2. The summed E-state index contributed by atoms with van der Waals surface area (Å²) in [5.41, 5.74) is 2.81. The quantitative estimate of drug-likeness (QED) is 0.0693. The van der Waals surface area contributed by atoms with E-state index in [9.17, 15) is 33.9 Å². The van der Waals surface area contributed by atoms with Gasteiger partial charge >= 0.3 is 5.97 Å². The van der Waals surface area contributed by atoms with E-state index in [1.165, 1.54) is 4.90 Å². The smallest absolute Gasteiger partial charge is 0.331 e. The third kappa shape index (κ3) is 11.8. The van der Waals surface area contributed by atoms with Gasteiger partial charge in [-0.15, -0.1) is 11.3 Å². The fourth-order valence-corrected chi connectivity index (χ4v) is 13.7. The van der Waals surface area contributed by atoms with Crippen molar-refractivity contribution >= 4 is 46.8 Å². The van der Waals surface area contributed by atoms with E-state index in [0.29, 0.717) is 24.2 Å². The zero-order valence-corrected chi connectivity index (χ0v) is 43.8. The molecule has 0 spiro atoms. The highest BCUT2D eigenvalue weighted by Gasteiger charge is 2.61. The van der Waals surface area contributed by atoms with Gasteiger partial charge in [0.25, 0.3) is 0 Å². The topological polar surface area (TPSA) is 196 Å². The number of amides is 5. The molecule has 2 aliphatic heterocycles. The third-order valence-corrected chi connectivity index (χ3v) is 17.9. The third-order valence-electron chi connectivity index (χ3n) is 16.9. The van der Waals surface area contributed by atoms with Gasteiger partial charge in [0.1, 0.15) is 17.6 Å². The molecule has 7 rings (SSSR count). The minimum Gasteiger partial charge on any atom is -0.464 e. The fraction of sp³-hybridized carbons (Fsp3) is 0.691. The molecule has 4 fully saturated rings. The lowest BCUT2D eigenvalue weighted by molar-refractivity contribution is -0.154. The molecule has 14 nitrogen and oxygen atoms in total. The number of unbranched alkanes of at least 4 members (excludes halogenated alkanes) is 6. The van der Waals surface area contributed by atoms with Crippen molar-refractivity contribution in [2.75, 3.05) is 13.2 Å². The molecule has 1 saturated heterocycles. The number of ether oxygens (including phenoxy) is 1. The van der Waals surface area contributed by atoms with Gasteiger partial charge in [-0.2, -0.15) is 0 Å². The lowest BCUT2D eigenvalue weighted by atomic mass is 9.48. The number of thiazole rings is 1. The van der Waals surface area contributed by atoms with E-state index in [0.717, 1.165) is 98.7 Å². The number of aliphatic hydroxyl groups excluding tert-OH is 1. The first-order valence-corrected chi connectivity index (χ1v) is 27.0. The summed E-state index contributed by atoms with van der Waals surface area (Å²) >= 11 is 1.58. The van der Waals surface area contributed by atoms with Crippen LogP contribution in [-0.4, -0.2) is 93.4 Å². The van der Waals surface area contributed by atoms with Crippen molar-refractivity contribution in [1.82, 2.24) is 31.2 Å². The first kappa shape index (κ1) is 53.2. The maximum atomic E-state index is 14.0. The Morgan fingerprint density at radius 2 is 1.61 bits per heavy atom. The summed E-state index contributed by atoms with van der Waals surface area (Å²) in [4.78, 5) is 86.9. The van der Waals surface area contributed by atoms with Crippen LogP contribution in [-0.2, 0) is 40.0 Å². The van der Waals surface area contributed by atoms with Crippen LogP contribution in [0.4, 0.5) is 0 Å². The molecule has 3 saturated carbocycles. The molecule has 384 valence electrons. The minimum atomic E-state index is -1.14. The van der Waals surface area contributed by atoms with Gasteiger partial charge < -0.3 is 36.0 Å². The molecule has 5 amide bonds. The van der Waals surface area contributed by atoms with E-state index in [-0.39, 0.29) is 84.9 Å². The Balaban J connectivity index is 0.766. The van der Waals surface area contributed by atoms with Gasteiger partial charge in [-0.3, -0.25) is 24.0 Å². The Morgan fingerprint density at radius 3 is 2.30 bits per heavy atom. The van der Waals surface area contributed by atoms with E-state index in [1.807, 2.05) is 57.5 Å². The zero-order valence-electron chi connectivity index (χ0n) is 43.0. The number of rotatable bonds is 19. The Labute approximate surface area is 419 Å². The maximum absolute atomic E-state index is 14.0.